The predicted molar refractivity (Wildman–Crippen MR) is 105 cm³/mol. The van der Waals surface area contributed by atoms with Crippen molar-refractivity contribution in [3.05, 3.63) is 57.3 Å². The molecule has 1 aliphatic rings. The number of hydrogen-bond donors (Lipinski definition) is 1. The van der Waals surface area contributed by atoms with Crippen LogP contribution in [0.15, 0.2) is 28.8 Å². The van der Waals surface area contributed by atoms with Crippen LogP contribution in [0.1, 0.15) is 39.4 Å². The Labute approximate surface area is 161 Å². The maximum absolute atomic E-state index is 12.5. The minimum atomic E-state index is -0.0987. The highest BCUT2D eigenvalue weighted by atomic mass is 32.1. The summed E-state index contributed by atoms with van der Waals surface area (Å²) in [4.78, 5) is 13.7. The Morgan fingerprint density at radius 2 is 2.15 bits per heavy atom. The van der Waals surface area contributed by atoms with Gasteiger partial charge in [-0.25, -0.2) is 0 Å². The zero-order chi connectivity index (χ0) is 19.0. The van der Waals surface area contributed by atoms with Crippen molar-refractivity contribution in [3.8, 4) is 17.2 Å². The lowest BCUT2D eigenvalue weighted by atomic mass is 9.88. The second-order valence-corrected chi connectivity index (χ2v) is 7.83. The molecule has 0 atom stereocenters. The first-order valence-electron chi connectivity index (χ1n) is 8.94. The molecule has 0 radical (unpaired) electrons. The van der Waals surface area contributed by atoms with Gasteiger partial charge in [-0.05, 0) is 44.2 Å². The second kappa shape index (κ2) is 7.01. The van der Waals surface area contributed by atoms with E-state index < -0.39 is 0 Å². The molecule has 0 bridgehead atoms. The van der Waals surface area contributed by atoms with Gasteiger partial charge in [0.05, 0.1) is 11.3 Å². The molecular formula is C21H19N3O2S. The monoisotopic (exact) mass is 377 g/mol. The highest BCUT2D eigenvalue weighted by Crippen LogP contribution is 2.44. The number of amides is 1. The van der Waals surface area contributed by atoms with Gasteiger partial charge in [-0.1, -0.05) is 29.4 Å². The standard InChI is InChI=1S/C21H19N3O2S/c1-12-15(13(2)26-24-12)8-10-19(25)23-21-17(11-22)20-16-6-4-3-5-14(16)7-9-18(20)27-21/h3-6H,7-10H2,1-2H3,(H,23,25). The molecule has 1 N–H and O–H groups in total. The van der Waals surface area contributed by atoms with E-state index in [1.54, 1.807) is 0 Å². The number of rotatable bonds is 4. The van der Waals surface area contributed by atoms with Crippen LogP contribution in [0.4, 0.5) is 5.00 Å². The molecule has 0 saturated heterocycles. The molecule has 1 amide bonds. The van der Waals surface area contributed by atoms with Crippen molar-refractivity contribution >= 4 is 22.2 Å². The van der Waals surface area contributed by atoms with Crippen LogP contribution in [0, 0.1) is 25.2 Å². The van der Waals surface area contributed by atoms with E-state index in [0.29, 0.717) is 23.4 Å². The molecule has 4 rings (SSSR count). The molecule has 2 aromatic heterocycles. The summed E-state index contributed by atoms with van der Waals surface area (Å²) >= 11 is 1.52. The molecule has 6 heteroatoms. The number of carbonyl (C=O) groups is 1. The van der Waals surface area contributed by atoms with Gasteiger partial charge in [0, 0.05) is 22.4 Å². The third-order valence-corrected chi connectivity index (χ3v) is 6.20. The summed E-state index contributed by atoms with van der Waals surface area (Å²) < 4.78 is 5.15. The highest BCUT2D eigenvalue weighted by Gasteiger charge is 2.25. The van der Waals surface area contributed by atoms with E-state index in [4.69, 9.17) is 4.52 Å². The van der Waals surface area contributed by atoms with E-state index in [1.807, 2.05) is 26.0 Å². The lowest BCUT2D eigenvalue weighted by molar-refractivity contribution is -0.116. The molecule has 0 unspecified atom stereocenters. The van der Waals surface area contributed by atoms with Gasteiger partial charge in [-0.15, -0.1) is 11.3 Å². The van der Waals surface area contributed by atoms with Gasteiger partial charge in [0.25, 0.3) is 0 Å². The van der Waals surface area contributed by atoms with Gasteiger partial charge in [0.2, 0.25) is 5.91 Å². The van der Waals surface area contributed by atoms with Crippen molar-refractivity contribution in [1.29, 1.82) is 5.26 Å². The first kappa shape index (κ1) is 17.5. The molecular weight excluding hydrogens is 358 g/mol. The molecule has 3 aromatic rings. The van der Waals surface area contributed by atoms with Crippen LogP contribution in [0.2, 0.25) is 0 Å². The molecule has 1 aromatic carbocycles. The number of aromatic nitrogens is 1. The van der Waals surface area contributed by atoms with Crippen molar-refractivity contribution in [1.82, 2.24) is 5.16 Å². The topological polar surface area (TPSA) is 78.9 Å². The van der Waals surface area contributed by atoms with Gasteiger partial charge in [0.15, 0.2) is 0 Å². The number of carbonyl (C=O) groups excluding carboxylic acids is 1. The Kier molecular flexibility index (Phi) is 4.54. The summed E-state index contributed by atoms with van der Waals surface area (Å²) in [6.45, 7) is 3.73. The first-order chi connectivity index (χ1) is 13.1. The maximum Gasteiger partial charge on any atom is 0.225 e. The van der Waals surface area contributed by atoms with E-state index in [0.717, 1.165) is 41.0 Å². The smallest absolute Gasteiger partial charge is 0.225 e. The SMILES string of the molecule is Cc1noc(C)c1CCC(=O)Nc1sc2c(c1C#N)-c1ccccc1CC2. The fourth-order valence-electron chi connectivity index (χ4n) is 3.65. The largest absolute Gasteiger partial charge is 0.361 e. The van der Waals surface area contributed by atoms with Crippen molar-refractivity contribution in [2.75, 3.05) is 5.32 Å². The zero-order valence-corrected chi connectivity index (χ0v) is 16.1. The number of nitriles is 1. The Hall–Kier alpha value is -2.91. The molecule has 0 spiro atoms. The summed E-state index contributed by atoms with van der Waals surface area (Å²) in [5.41, 5.74) is 5.74. The lowest BCUT2D eigenvalue weighted by Gasteiger charge is -2.16. The van der Waals surface area contributed by atoms with Crippen molar-refractivity contribution in [2.45, 2.75) is 39.5 Å². The van der Waals surface area contributed by atoms with Crippen LogP contribution in [-0.4, -0.2) is 11.1 Å². The first-order valence-corrected chi connectivity index (χ1v) is 9.75. The molecule has 0 saturated carbocycles. The summed E-state index contributed by atoms with van der Waals surface area (Å²) in [5.74, 6) is 0.652. The minimum Gasteiger partial charge on any atom is -0.361 e. The predicted octanol–water partition coefficient (Wildman–Crippen LogP) is 4.56. The average Bonchev–Trinajstić information content (AvgIpc) is 3.19. The number of anilines is 1. The van der Waals surface area contributed by atoms with E-state index in [9.17, 15) is 10.1 Å². The number of thiophene rings is 1. The summed E-state index contributed by atoms with van der Waals surface area (Å²) in [6.07, 6.45) is 2.77. The molecule has 2 heterocycles. The van der Waals surface area contributed by atoms with Crippen LogP contribution in [0.5, 0.6) is 0 Å². The Morgan fingerprint density at radius 1 is 1.33 bits per heavy atom. The fraction of sp³-hybridized carbons (Fsp3) is 0.286. The normalized spacial score (nSPS) is 12.2. The fourth-order valence-corrected chi connectivity index (χ4v) is 4.83. The number of benzene rings is 1. The molecule has 1 aliphatic carbocycles. The summed E-state index contributed by atoms with van der Waals surface area (Å²) in [5, 5.41) is 17.3. The van der Waals surface area contributed by atoms with Gasteiger partial charge in [-0.3, -0.25) is 4.79 Å². The minimum absolute atomic E-state index is 0.0987. The average molecular weight is 377 g/mol. The van der Waals surface area contributed by atoms with Gasteiger partial charge < -0.3 is 9.84 Å². The van der Waals surface area contributed by atoms with E-state index >= 15 is 0 Å². The lowest BCUT2D eigenvalue weighted by Crippen LogP contribution is -2.12. The van der Waals surface area contributed by atoms with Gasteiger partial charge >= 0.3 is 0 Å². The summed E-state index contributed by atoms with van der Waals surface area (Å²) in [6, 6.07) is 10.5. The maximum atomic E-state index is 12.5. The number of nitrogens with one attached hydrogen (secondary N) is 1. The van der Waals surface area contributed by atoms with E-state index in [2.05, 4.69) is 28.7 Å². The van der Waals surface area contributed by atoms with Gasteiger partial charge in [0.1, 0.15) is 16.8 Å². The Bertz CT molecular complexity index is 1050. The molecule has 0 aliphatic heterocycles. The zero-order valence-electron chi connectivity index (χ0n) is 15.3. The van der Waals surface area contributed by atoms with Crippen molar-refractivity contribution in [2.24, 2.45) is 0 Å². The summed E-state index contributed by atoms with van der Waals surface area (Å²) in [7, 11) is 0. The van der Waals surface area contributed by atoms with E-state index in [1.165, 1.54) is 21.8 Å². The third kappa shape index (κ3) is 3.15. The second-order valence-electron chi connectivity index (χ2n) is 6.72. The Balaban J connectivity index is 1.56. The van der Waals surface area contributed by atoms with Crippen LogP contribution in [0.3, 0.4) is 0 Å². The van der Waals surface area contributed by atoms with Crippen LogP contribution in [0.25, 0.3) is 11.1 Å². The number of nitrogens with zero attached hydrogens (tertiary/aromatic N) is 2. The quantitative estimate of drug-likeness (QED) is 0.723. The van der Waals surface area contributed by atoms with Crippen LogP contribution < -0.4 is 5.32 Å². The van der Waals surface area contributed by atoms with Crippen molar-refractivity contribution in [3.63, 3.8) is 0 Å². The Morgan fingerprint density at radius 3 is 2.89 bits per heavy atom. The van der Waals surface area contributed by atoms with E-state index in [-0.39, 0.29) is 5.91 Å². The molecule has 0 fully saturated rings. The number of aryl methyl sites for hydroxylation is 4. The molecule has 27 heavy (non-hydrogen) atoms. The molecule has 5 nitrogen and oxygen atoms in total. The number of hydrogen-bond acceptors (Lipinski definition) is 5. The molecule has 136 valence electrons. The number of fused-ring (bicyclic) bond motifs is 3. The third-order valence-electron chi connectivity index (χ3n) is 5.04. The van der Waals surface area contributed by atoms with Crippen LogP contribution >= 0.6 is 11.3 Å². The van der Waals surface area contributed by atoms with Crippen molar-refractivity contribution < 1.29 is 9.32 Å². The van der Waals surface area contributed by atoms with Crippen LogP contribution in [-0.2, 0) is 24.1 Å². The highest BCUT2D eigenvalue weighted by molar-refractivity contribution is 7.17. The van der Waals surface area contributed by atoms with Gasteiger partial charge in [-0.2, -0.15) is 5.26 Å².